The number of ether oxygens (including phenoxy) is 1. The summed E-state index contributed by atoms with van der Waals surface area (Å²) in [6.07, 6.45) is 4.16. The molecule has 0 aliphatic carbocycles. The number of anilines is 2. The minimum absolute atomic E-state index is 0.156. The molecule has 0 spiro atoms. The zero-order valence-corrected chi connectivity index (χ0v) is 19.9. The van der Waals surface area contributed by atoms with Crippen LogP contribution in [0.3, 0.4) is 0 Å². The van der Waals surface area contributed by atoms with Gasteiger partial charge in [-0.25, -0.2) is 9.97 Å². The Kier molecular flexibility index (Phi) is 8.21. The summed E-state index contributed by atoms with van der Waals surface area (Å²) in [5.74, 6) is 0.334. The van der Waals surface area contributed by atoms with E-state index in [1.165, 1.54) is 30.2 Å². The van der Waals surface area contributed by atoms with Gasteiger partial charge in [0.25, 0.3) is 5.91 Å². The van der Waals surface area contributed by atoms with Crippen molar-refractivity contribution in [3.63, 3.8) is 0 Å². The Bertz CT molecular complexity index is 1210. The molecule has 0 saturated heterocycles. The lowest BCUT2D eigenvalue weighted by molar-refractivity contribution is 0.0591. The molecule has 0 saturated carbocycles. The van der Waals surface area contributed by atoms with Crippen LogP contribution in [0.1, 0.15) is 22.2 Å². The SMILES string of the molecule is COC[C@H](NC(=O)c1cc(Sc2cnc(Nc3ccccn3)s2)ccn1)[C@@H](O)c1ccccc1. The number of aliphatic hydroxyl groups is 1. The number of pyridine rings is 2. The second-order valence-corrected chi connectivity index (χ2v) is 9.60. The van der Waals surface area contributed by atoms with Gasteiger partial charge in [0.15, 0.2) is 5.13 Å². The van der Waals surface area contributed by atoms with Crippen LogP contribution in [-0.4, -0.2) is 45.7 Å². The summed E-state index contributed by atoms with van der Waals surface area (Å²) in [7, 11) is 1.53. The Balaban J connectivity index is 1.41. The molecule has 3 heterocycles. The molecule has 1 amide bonds. The van der Waals surface area contributed by atoms with Gasteiger partial charge in [-0.1, -0.05) is 59.5 Å². The van der Waals surface area contributed by atoms with Gasteiger partial charge in [0.2, 0.25) is 0 Å². The molecule has 10 heteroatoms. The highest BCUT2D eigenvalue weighted by Crippen LogP contribution is 2.34. The average molecular weight is 494 g/mol. The minimum Gasteiger partial charge on any atom is -0.386 e. The van der Waals surface area contributed by atoms with Crippen LogP contribution < -0.4 is 10.6 Å². The van der Waals surface area contributed by atoms with Crippen molar-refractivity contribution in [3.05, 3.63) is 90.5 Å². The number of methoxy groups -OCH3 is 1. The van der Waals surface area contributed by atoms with E-state index in [0.29, 0.717) is 5.56 Å². The van der Waals surface area contributed by atoms with Crippen molar-refractivity contribution < 1.29 is 14.6 Å². The second-order valence-electron chi connectivity index (χ2n) is 7.19. The quantitative estimate of drug-likeness (QED) is 0.300. The van der Waals surface area contributed by atoms with Gasteiger partial charge in [-0.05, 0) is 29.8 Å². The number of benzene rings is 1. The first kappa shape index (κ1) is 23.8. The van der Waals surface area contributed by atoms with Crippen LogP contribution in [0.15, 0.2) is 88.4 Å². The zero-order chi connectivity index (χ0) is 23.8. The fourth-order valence-corrected chi connectivity index (χ4v) is 5.03. The summed E-state index contributed by atoms with van der Waals surface area (Å²) in [5, 5.41) is 17.5. The molecule has 34 heavy (non-hydrogen) atoms. The molecule has 3 aromatic heterocycles. The highest BCUT2D eigenvalue weighted by molar-refractivity contribution is 8.01. The Morgan fingerprint density at radius 1 is 1.09 bits per heavy atom. The number of nitrogens with zero attached hydrogens (tertiary/aromatic N) is 3. The number of hydrogen-bond donors (Lipinski definition) is 3. The summed E-state index contributed by atoms with van der Waals surface area (Å²) in [5.41, 5.74) is 0.949. The lowest BCUT2D eigenvalue weighted by Gasteiger charge is -2.23. The number of rotatable bonds is 10. The van der Waals surface area contributed by atoms with Crippen LogP contribution in [0, 0.1) is 0 Å². The molecule has 0 bridgehead atoms. The van der Waals surface area contributed by atoms with Gasteiger partial charge in [0.1, 0.15) is 17.6 Å². The maximum absolute atomic E-state index is 12.9. The first-order valence-electron chi connectivity index (χ1n) is 10.4. The van der Waals surface area contributed by atoms with Gasteiger partial charge < -0.3 is 20.5 Å². The van der Waals surface area contributed by atoms with Gasteiger partial charge in [-0.2, -0.15) is 0 Å². The third-order valence-electron chi connectivity index (χ3n) is 4.75. The maximum Gasteiger partial charge on any atom is 0.270 e. The number of hydrogen-bond acceptors (Lipinski definition) is 9. The predicted molar refractivity (Wildman–Crippen MR) is 133 cm³/mol. The molecule has 0 unspecified atom stereocenters. The van der Waals surface area contributed by atoms with Crippen molar-refractivity contribution in [2.75, 3.05) is 19.0 Å². The molecule has 4 aromatic rings. The highest BCUT2D eigenvalue weighted by Gasteiger charge is 2.24. The van der Waals surface area contributed by atoms with Crippen LogP contribution >= 0.6 is 23.1 Å². The number of carbonyl (C=O) groups excluding carboxylic acids is 1. The first-order valence-corrected chi connectivity index (χ1v) is 12.1. The molecule has 0 radical (unpaired) electrons. The smallest absolute Gasteiger partial charge is 0.270 e. The van der Waals surface area contributed by atoms with E-state index in [-0.39, 0.29) is 18.2 Å². The fraction of sp³-hybridized carbons (Fsp3) is 0.167. The van der Waals surface area contributed by atoms with E-state index >= 15 is 0 Å². The Hall–Kier alpha value is -3.31. The number of amides is 1. The van der Waals surface area contributed by atoms with Gasteiger partial charge in [-0.3, -0.25) is 9.78 Å². The lowest BCUT2D eigenvalue weighted by atomic mass is 10.0. The van der Waals surface area contributed by atoms with Crippen molar-refractivity contribution in [1.29, 1.82) is 0 Å². The summed E-state index contributed by atoms with van der Waals surface area (Å²) < 4.78 is 6.17. The topological polar surface area (TPSA) is 109 Å². The molecule has 0 aliphatic heterocycles. The van der Waals surface area contributed by atoms with E-state index in [1.54, 1.807) is 36.8 Å². The number of aliphatic hydroxyl groups excluding tert-OH is 1. The number of thiazole rings is 1. The number of carbonyl (C=O) groups is 1. The highest BCUT2D eigenvalue weighted by atomic mass is 32.2. The van der Waals surface area contributed by atoms with Gasteiger partial charge in [0.05, 0.1) is 23.1 Å². The van der Waals surface area contributed by atoms with E-state index < -0.39 is 12.1 Å². The Morgan fingerprint density at radius 3 is 2.68 bits per heavy atom. The Labute approximate surface area is 205 Å². The van der Waals surface area contributed by atoms with Crippen LogP contribution in [-0.2, 0) is 4.74 Å². The van der Waals surface area contributed by atoms with Gasteiger partial charge in [0, 0.05) is 24.4 Å². The zero-order valence-electron chi connectivity index (χ0n) is 18.3. The number of aromatic nitrogens is 3. The van der Waals surface area contributed by atoms with Gasteiger partial charge in [-0.15, -0.1) is 0 Å². The van der Waals surface area contributed by atoms with E-state index in [4.69, 9.17) is 4.74 Å². The van der Waals surface area contributed by atoms with Crippen molar-refractivity contribution in [3.8, 4) is 0 Å². The maximum atomic E-state index is 12.9. The Morgan fingerprint density at radius 2 is 1.91 bits per heavy atom. The molecule has 3 N–H and O–H groups in total. The molecule has 174 valence electrons. The normalized spacial score (nSPS) is 12.6. The van der Waals surface area contributed by atoms with Crippen LogP contribution in [0.5, 0.6) is 0 Å². The van der Waals surface area contributed by atoms with E-state index in [1.807, 2.05) is 42.5 Å². The summed E-state index contributed by atoms with van der Waals surface area (Å²) in [6.45, 7) is 0.156. The fourth-order valence-electron chi connectivity index (χ4n) is 3.14. The van der Waals surface area contributed by atoms with Gasteiger partial charge >= 0.3 is 0 Å². The van der Waals surface area contributed by atoms with Crippen LogP contribution in [0.2, 0.25) is 0 Å². The van der Waals surface area contributed by atoms with Crippen LogP contribution in [0.25, 0.3) is 0 Å². The van der Waals surface area contributed by atoms with Crippen molar-refractivity contribution >= 4 is 40.0 Å². The third-order valence-corrected chi connectivity index (χ3v) is 6.76. The summed E-state index contributed by atoms with van der Waals surface area (Å²) in [6, 6.07) is 17.7. The molecule has 0 fully saturated rings. The molecular formula is C24H23N5O3S2. The largest absolute Gasteiger partial charge is 0.386 e. The molecule has 2 atom stereocenters. The number of nitrogens with one attached hydrogen (secondary N) is 2. The van der Waals surface area contributed by atoms with Crippen molar-refractivity contribution in [2.24, 2.45) is 0 Å². The lowest BCUT2D eigenvalue weighted by Crippen LogP contribution is -2.42. The van der Waals surface area contributed by atoms with Crippen molar-refractivity contribution in [2.45, 2.75) is 21.3 Å². The molecule has 8 nitrogen and oxygen atoms in total. The molecule has 1 aromatic carbocycles. The monoisotopic (exact) mass is 493 g/mol. The van der Waals surface area contributed by atoms with E-state index in [0.717, 1.165) is 20.1 Å². The van der Waals surface area contributed by atoms with E-state index in [9.17, 15) is 9.90 Å². The standard InChI is InChI=1S/C24H23N5O3S2/c1-32-15-19(22(30)16-7-3-2-4-8-16)28-23(31)18-13-17(10-12-25-18)33-21-14-27-24(34-21)29-20-9-5-6-11-26-20/h2-14,19,22,30H,15H2,1H3,(H,28,31)(H,26,27,29)/t19-,22-/m0/s1. The summed E-state index contributed by atoms with van der Waals surface area (Å²) in [4.78, 5) is 26.6. The minimum atomic E-state index is -0.912. The summed E-state index contributed by atoms with van der Waals surface area (Å²) >= 11 is 2.97. The average Bonchev–Trinajstić information content (AvgIpc) is 3.31. The molecule has 0 aliphatic rings. The third kappa shape index (κ3) is 6.39. The van der Waals surface area contributed by atoms with Crippen molar-refractivity contribution in [1.82, 2.24) is 20.3 Å². The van der Waals surface area contributed by atoms with Crippen LogP contribution in [0.4, 0.5) is 10.9 Å². The first-order chi connectivity index (χ1) is 16.6. The molecule has 4 rings (SSSR count). The molecular weight excluding hydrogens is 470 g/mol. The van der Waals surface area contributed by atoms with E-state index in [2.05, 4.69) is 25.6 Å². The second kappa shape index (κ2) is 11.7. The predicted octanol–water partition coefficient (Wildman–Crippen LogP) is 4.31.